The lowest BCUT2D eigenvalue weighted by molar-refractivity contribution is -0.338. The van der Waals surface area contributed by atoms with Gasteiger partial charge in [0, 0.05) is 0 Å². The van der Waals surface area contributed by atoms with E-state index >= 15 is 0 Å². The van der Waals surface area contributed by atoms with Crippen molar-refractivity contribution in [1.82, 2.24) is 0 Å². The third kappa shape index (κ3) is 8.25. The fraction of sp³-hybridized carbons (Fsp3) is 1.00. The van der Waals surface area contributed by atoms with Gasteiger partial charge < -0.3 is 50.0 Å². The first kappa shape index (κ1) is 29.2. The van der Waals surface area contributed by atoms with E-state index in [0.717, 1.165) is 25.0 Å². The van der Waals surface area contributed by atoms with E-state index in [9.17, 15) is 35.7 Å². The SMILES string of the molecule is CCCCCCCCCCS[C@@H]1O[C@H](CO)[C@@H](O[C@@H]2O[C@H](CO)[C@H](O)[C@H](O)[C@H]2O)[C@H](O)[C@H]1O. The Balaban J connectivity index is 1.82. The summed E-state index contributed by atoms with van der Waals surface area (Å²) < 4.78 is 16.6. The number of rotatable bonds is 14. The summed E-state index contributed by atoms with van der Waals surface area (Å²) in [7, 11) is 0. The average molecular weight is 499 g/mol. The molecule has 0 unspecified atom stereocenters. The number of unbranched alkanes of at least 4 members (excludes halogenated alkanes) is 7. The second-order valence-electron chi connectivity index (χ2n) is 8.85. The topological polar surface area (TPSA) is 169 Å². The second-order valence-corrected chi connectivity index (χ2v) is 10.1. The van der Waals surface area contributed by atoms with Gasteiger partial charge >= 0.3 is 0 Å². The van der Waals surface area contributed by atoms with Gasteiger partial charge in [0.1, 0.15) is 54.3 Å². The van der Waals surface area contributed by atoms with Crippen molar-refractivity contribution in [2.75, 3.05) is 19.0 Å². The van der Waals surface area contributed by atoms with Crippen LogP contribution in [0.3, 0.4) is 0 Å². The first-order chi connectivity index (χ1) is 15.8. The Labute approximate surface area is 199 Å². The summed E-state index contributed by atoms with van der Waals surface area (Å²) in [5.41, 5.74) is -0.753. The molecular formula is C22H42O10S. The monoisotopic (exact) mass is 498 g/mol. The summed E-state index contributed by atoms with van der Waals surface area (Å²) in [5.74, 6) is 0.736. The van der Waals surface area contributed by atoms with Crippen LogP contribution in [0.2, 0.25) is 0 Å². The third-order valence-corrected chi connectivity index (χ3v) is 7.48. The molecule has 33 heavy (non-hydrogen) atoms. The van der Waals surface area contributed by atoms with Crippen molar-refractivity contribution in [1.29, 1.82) is 0 Å². The van der Waals surface area contributed by atoms with Crippen LogP contribution in [0.25, 0.3) is 0 Å². The van der Waals surface area contributed by atoms with Gasteiger partial charge in [0.15, 0.2) is 6.29 Å². The molecule has 0 spiro atoms. The minimum absolute atomic E-state index is 0.513. The predicted molar refractivity (Wildman–Crippen MR) is 121 cm³/mol. The zero-order valence-corrected chi connectivity index (χ0v) is 20.1. The highest BCUT2D eigenvalue weighted by Crippen LogP contribution is 2.33. The van der Waals surface area contributed by atoms with Crippen LogP contribution in [0.1, 0.15) is 58.3 Å². The fourth-order valence-corrected chi connectivity index (χ4v) is 5.31. The molecule has 0 amide bonds. The molecule has 196 valence electrons. The smallest absolute Gasteiger partial charge is 0.187 e. The van der Waals surface area contributed by atoms with Crippen LogP contribution in [0.5, 0.6) is 0 Å². The lowest BCUT2D eigenvalue weighted by atomic mass is 9.97. The predicted octanol–water partition coefficient (Wildman–Crippen LogP) is -0.516. The van der Waals surface area contributed by atoms with E-state index in [1.807, 2.05) is 0 Å². The molecule has 0 bridgehead atoms. The summed E-state index contributed by atoms with van der Waals surface area (Å²) in [5, 5.41) is 70.2. The van der Waals surface area contributed by atoms with Crippen molar-refractivity contribution in [3.05, 3.63) is 0 Å². The Bertz CT molecular complexity index is 525. The van der Waals surface area contributed by atoms with Gasteiger partial charge in [-0.1, -0.05) is 51.9 Å². The van der Waals surface area contributed by atoms with Crippen molar-refractivity contribution < 1.29 is 50.0 Å². The number of hydrogen-bond acceptors (Lipinski definition) is 11. The molecule has 0 aliphatic carbocycles. The second kappa shape index (κ2) is 15.1. The molecule has 7 N–H and O–H groups in total. The summed E-state index contributed by atoms with van der Waals surface area (Å²) in [6.45, 7) is 1.06. The van der Waals surface area contributed by atoms with Gasteiger partial charge in [-0.25, -0.2) is 0 Å². The molecule has 0 aromatic rings. The van der Waals surface area contributed by atoms with Crippen LogP contribution in [-0.4, -0.2) is 115 Å². The zero-order chi connectivity index (χ0) is 24.4. The van der Waals surface area contributed by atoms with Gasteiger partial charge in [-0.3, -0.25) is 0 Å². The molecule has 0 radical (unpaired) electrons. The molecule has 2 fully saturated rings. The highest BCUT2D eigenvalue weighted by molar-refractivity contribution is 7.99. The number of thioether (sulfide) groups is 1. The number of aliphatic hydroxyl groups excluding tert-OH is 7. The molecule has 0 saturated carbocycles. The zero-order valence-electron chi connectivity index (χ0n) is 19.3. The van der Waals surface area contributed by atoms with Crippen LogP contribution < -0.4 is 0 Å². The van der Waals surface area contributed by atoms with Crippen LogP contribution in [0, 0.1) is 0 Å². The van der Waals surface area contributed by atoms with Gasteiger partial charge in [0.05, 0.1) is 13.2 Å². The van der Waals surface area contributed by atoms with Gasteiger partial charge in [0.2, 0.25) is 0 Å². The van der Waals surface area contributed by atoms with Crippen molar-refractivity contribution in [3.8, 4) is 0 Å². The van der Waals surface area contributed by atoms with E-state index < -0.39 is 73.8 Å². The van der Waals surface area contributed by atoms with Crippen molar-refractivity contribution in [3.63, 3.8) is 0 Å². The highest BCUT2D eigenvalue weighted by Gasteiger charge is 2.50. The third-order valence-electron chi connectivity index (χ3n) is 6.24. The molecule has 0 aromatic carbocycles. The maximum atomic E-state index is 10.6. The lowest BCUT2D eigenvalue weighted by Crippen LogP contribution is -2.64. The van der Waals surface area contributed by atoms with Gasteiger partial charge in [-0.05, 0) is 12.2 Å². The molecule has 0 aromatic heterocycles. The van der Waals surface area contributed by atoms with Crippen LogP contribution in [-0.2, 0) is 14.2 Å². The Morgan fingerprint density at radius 1 is 0.667 bits per heavy atom. The Morgan fingerprint density at radius 3 is 1.88 bits per heavy atom. The van der Waals surface area contributed by atoms with Gasteiger partial charge in [-0.2, -0.15) is 0 Å². The summed E-state index contributed by atoms with van der Waals surface area (Å²) >= 11 is 1.37. The quantitative estimate of drug-likeness (QED) is 0.154. The molecule has 2 heterocycles. The van der Waals surface area contributed by atoms with Crippen molar-refractivity contribution in [2.24, 2.45) is 0 Å². The molecular weight excluding hydrogens is 456 g/mol. The molecule has 10 nitrogen and oxygen atoms in total. The lowest BCUT2D eigenvalue weighted by Gasteiger charge is -2.46. The molecule has 2 aliphatic rings. The average Bonchev–Trinajstić information content (AvgIpc) is 2.82. The minimum atomic E-state index is -1.67. The Hall–Kier alpha value is -0.0500. The molecule has 10 atom stereocenters. The maximum Gasteiger partial charge on any atom is 0.187 e. The Kier molecular flexibility index (Phi) is 13.4. The number of ether oxygens (including phenoxy) is 3. The number of aliphatic hydroxyl groups is 7. The molecule has 2 rings (SSSR count). The number of hydrogen-bond donors (Lipinski definition) is 7. The molecule has 2 aliphatic heterocycles. The van der Waals surface area contributed by atoms with E-state index in [0.29, 0.717) is 0 Å². The largest absolute Gasteiger partial charge is 0.394 e. The van der Waals surface area contributed by atoms with Crippen LogP contribution >= 0.6 is 11.8 Å². The van der Waals surface area contributed by atoms with Gasteiger partial charge in [-0.15, -0.1) is 11.8 Å². The van der Waals surface area contributed by atoms with Crippen LogP contribution in [0.4, 0.5) is 0 Å². The van der Waals surface area contributed by atoms with Gasteiger partial charge in [0.25, 0.3) is 0 Å². The maximum absolute atomic E-state index is 10.6. The highest BCUT2D eigenvalue weighted by atomic mass is 32.2. The van der Waals surface area contributed by atoms with E-state index in [4.69, 9.17) is 14.2 Å². The van der Waals surface area contributed by atoms with E-state index in [2.05, 4.69) is 6.92 Å². The summed E-state index contributed by atoms with van der Waals surface area (Å²) in [6, 6.07) is 0. The van der Waals surface area contributed by atoms with E-state index in [-0.39, 0.29) is 0 Å². The van der Waals surface area contributed by atoms with Crippen molar-refractivity contribution in [2.45, 2.75) is 119 Å². The first-order valence-electron chi connectivity index (χ1n) is 12.1. The van der Waals surface area contributed by atoms with Crippen molar-refractivity contribution >= 4 is 11.8 Å². The van der Waals surface area contributed by atoms with Crippen LogP contribution in [0.15, 0.2) is 0 Å². The first-order valence-corrected chi connectivity index (χ1v) is 13.1. The summed E-state index contributed by atoms with van der Waals surface area (Å²) in [4.78, 5) is 0. The minimum Gasteiger partial charge on any atom is -0.394 e. The summed E-state index contributed by atoms with van der Waals surface area (Å²) in [6.07, 6.45) is -3.10. The Morgan fingerprint density at radius 2 is 1.27 bits per heavy atom. The normalized spacial score (nSPS) is 39.6. The fourth-order valence-electron chi connectivity index (χ4n) is 4.13. The molecule has 2 saturated heterocycles. The van der Waals surface area contributed by atoms with E-state index in [1.54, 1.807) is 0 Å². The van der Waals surface area contributed by atoms with E-state index in [1.165, 1.54) is 43.9 Å². The standard InChI is InChI=1S/C22H42O10S/c1-2-3-4-5-6-7-8-9-10-33-22-19(29)17(27)20(14(12-24)31-22)32-21-18(28)16(26)15(25)13(11-23)30-21/h13-29H,2-12H2,1H3/t13-,14-,15+,16+,17-,18-,19-,20-,21+,22+/m1/s1. The molecule has 11 heteroatoms.